The summed E-state index contributed by atoms with van der Waals surface area (Å²) in [5.74, 6) is 0.703. The number of hydrogen-bond donors (Lipinski definition) is 2. The topological polar surface area (TPSA) is 40.5 Å². The van der Waals surface area contributed by atoms with Gasteiger partial charge in [0.05, 0.1) is 0 Å². The SMILES string of the molecule is Cc1cc(C(C)(C)c2ccc(C(C)(C)c3ccc(O)c(C(C)c4cccc5ccccc45)c3)cc2)ccc1O. The fraction of sp³-hybridized carbons (Fsp3) is 0.243. The summed E-state index contributed by atoms with van der Waals surface area (Å²) in [4.78, 5) is 0. The number of benzene rings is 5. The first kappa shape index (κ1) is 26.6. The molecule has 1 atom stereocenters. The Kier molecular flexibility index (Phi) is 6.76. The van der Waals surface area contributed by atoms with E-state index in [9.17, 15) is 10.2 Å². The van der Waals surface area contributed by atoms with Crippen molar-refractivity contribution in [3.05, 3.63) is 142 Å². The highest BCUT2D eigenvalue weighted by atomic mass is 16.3. The van der Waals surface area contributed by atoms with Crippen molar-refractivity contribution in [1.82, 2.24) is 0 Å². The van der Waals surface area contributed by atoms with E-state index in [1.807, 2.05) is 25.1 Å². The third-order valence-electron chi connectivity index (χ3n) is 8.75. The minimum absolute atomic E-state index is 0.0452. The van der Waals surface area contributed by atoms with Gasteiger partial charge in [-0.05, 0) is 63.2 Å². The molecule has 39 heavy (non-hydrogen) atoms. The summed E-state index contributed by atoms with van der Waals surface area (Å²) < 4.78 is 0. The van der Waals surface area contributed by atoms with Gasteiger partial charge < -0.3 is 10.2 Å². The maximum atomic E-state index is 10.9. The second kappa shape index (κ2) is 9.93. The molecule has 0 aromatic heterocycles. The molecule has 0 saturated heterocycles. The van der Waals surface area contributed by atoms with E-state index in [1.165, 1.54) is 38.6 Å². The van der Waals surface area contributed by atoms with Crippen LogP contribution in [0.4, 0.5) is 0 Å². The van der Waals surface area contributed by atoms with Gasteiger partial charge in [0, 0.05) is 22.3 Å². The highest BCUT2D eigenvalue weighted by Gasteiger charge is 2.28. The monoisotopic (exact) mass is 514 g/mol. The van der Waals surface area contributed by atoms with Crippen molar-refractivity contribution in [2.45, 2.75) is 58.3 Å². The molecule has 0 heterocycles. The summed E-state index contributed by atoms with van der Waals surface area (Å²) in [6, 6.07) is 35.7. The number of aromatic hydroxyl groups is 2. The first-order valence-corrected chi connectivity index (χ1v) is 13.7. The van der Waals surface area contributed by atoms with Crippen molar-refractivity contribution in [1.29, 1.82) is 0 Å². The van der Waals surface area contributed by atoms with E-state index in [0.29, 0.717) is 11.5 Å². The second-order valence-corrected chi connectivity index (χ2v) is 11.9. The molecule has 1 unspecified atom stereocenters. The lowest BCUT2D eigenvalue weighted by atomic mass is 9.74. The highest BCUT2D eigenvalue weighted by Crippen LogP contribution is 2.40. The number of hydrogen-bond acceptors (Lipinski definition) is 2. The van der Waals surface area contributed by atoms with Gasteiger partial charge in [0.15, 0.2) is 0 Å². The summed E-state index contributed by atoms with van der Waals surface area (Å²) >= 11 is 0. The van der Waals surface area contributed by atoms with E-state index in [1.54, 1.807) is 6.07 Å². The second-order valence-electron chi connectivity index (χ2n) is 11.9. The highest BCUT2D eigenvalue weighted by molar-refractivity contribution is 5.86. The fourth-order valence-corrected chi connectivity index (χ4v) is 5.77. The standard InChI is InChI=1S/C37H38O2/c1-24-22-29(18-20-34(24)38)36(3,4)27-14-16-28(17-15-27)37(5,6)30-19-21-35(39)33(23-30)25(2)31-13-9-11-26-10-7-8-12-32(26)31/h7-23,25,38-39H,1-6H3. The molecule has 0 radical (unpaired) electrons. The maximum Gasteiger partial charge on any atom is 0.119 e. The molecule has 0 fully saturated rings. The molecule has 2 heteroatoms. The normalized spacial score (nSPS) is 13.0. The zero-order chi connectivity index (χ0) is 27.9. The summed E-state index contributed by atoms with van der Waals surface area (Å²) in [6.45, 7) is 13.0. The fourth-order valence-electron chi connectivity index (χ4n) is 5.77. The Morgan fingerprint density at radius 1 is 0.538 bits per heavy atom. The molecule has 2 N–H and O–H groups in total. The lowest BCUT2D eigenvalue weighted by Gasteiger charge is -2.30. The summed E-state index contributed by atoms with van der Waals surface area (Å²) in [5, 5.41) is 23.3. The lowest BCUT2D eigenvalue weighted by Crippen LogP contribution is -2.22. The summed E-state index contributed by atoms with van der Waals surface area (Å²) in [7, 11) is 0. The van der Waals surface area contributed by atoms with Gasteiger partial charge in [-0.1, -0.05) is 126 Å². The van der Waals surface area contributed by atoms with Crippen molar-refractivity contribution < 1.29 is 10.2 Å². The summed E-state index contributed by atoms with van der Waals surface area (Å²) in [6.07, 6.45) is 0. The van der Waals surface area contributed by atoms with Crippen LogP contribution in [0.2, 0.25) is 0 Å². The molecule has 0 bridgehead atoms. The van der Waals surface area contributed by atoms with Crippen LogP contribution < -0.4 is 0 Å². The Balaban J connectivity index is 1.48. The van der Waals surface area contributed by atoms with Crippen LogP contribution in [0, 0.1) is 6.92 Å². The number of phenolic OH excluding ortho intramolecular Hbond substituents is 2. The van der Waals surface area contributed by atoms with Gasteiger partial charge in [0.2, 0.25) is 0 Å². The zero-order valence-electron chi connectivity index (χ0n) is 23.8. The first-order chi connectivity index (χ1) is 18.5. The van der Waals surface area contributed by atoms with Crippen LogP contribution in [0.25, 0.3) is 10.8 Å². The lowest BCUT2D eigenvalue weighted by molar-refractivity contribution is 0.465. The average molecular weight is 515 g/mol. The van der Waals surface area contributed by atoms with Gasteiger partial charge >= 0.3 is 0 Å². The molecular formula is C37H38O2. The molecule has 0 aliphatic rings. The van der Waals surface area contributed by atoms with Crippen LogP contribution in [0.1, 0.15) is 79.5 Å². The Bertz CT molecular complexity index is 1640. The van der Waals surface area contributed by atoms with E-state index in [2.05, 4.69) is 113 Å². The number of rotatable bonds is 6. The minimum atomic E-state index is -0.251. The summed E-state index contributed by atoms with van der Waals surface area (Å²) in [5.41, 5.74) is 7.39. The third kappa shape index (κ3) is 4.81. The maximum absolute atomic E-state index is 10.9. The van der Waals surface area contributed by atoms with Gasteiger partial charge in [0.25, 0.3) is 0 Å². The Hall–Kier alpha value is -4.04. The molecule has 0 saturated carbocycles. The quantitative estimate of drug-likeness (QED) is 0.237. The Morgan fingerprint density at radius 3 is 1.67 bits per heavy atom. The van der Waals surface area contributed by atoms with Crippen LogP contribution in [0.3, 0.4) is 0 Å². The van der Waals surface area contributed by atoms with Crippen molar-refractivity contribution in [3.63, 3.8) is 0 Å². The average Bonchev–Trinajstić information content (AvgIpc) is 2.94. The van der Waals surface area contributed by atoms with E-state index < -0.39 is 0 Å². The smallest absolute Gasteiger partial charge is 0.119 e. The largest absolute Gasteiger partial charge is 0.508 e. The predicted octanol–water partition coefficient (Wildman–Crippen LogP) is 9.36. The van der Waals surface area contributed by atoms with Gasteiger partial charge in [-0.25, -0.2) is 0 Å². The minimum Gasteiger partial charge on any atom is -0.508 e. The van der Waals surface area contributed by atoms with Crippen LogP contribution in [0.15, 0.2) is 103 Å². The van der Waals surface area contributed by atoms with Crippen molar-refractivity contribution in [3.8, 4) is 11.5 Å². The third-order valence-corrected chi connectivity index (χ3v) is 8.75. The molecule has 0 amide bonds. The van der Waals surface area contributed by atoms with Crippen LogP contribution in [0.5, 0.6) is 11.5 Å². The van der Waals surface area contributed by atoms with Crippen LogP contribution in [-0.2, 0) is 10.8 Å². The molecule has 5 aromatic rings. The van der Waals surface area contributed by atoms with Crippen molar-refractivity contribution in [2.75, 3.05) is 0 Å². The van der Waals surface area contributed by atoms with Crippen LogP contribution in [-0.4, -0.2) is 10.2 Å². The molecule has 198 valence electrons. The molecule has 0 aliphatic heterocycles. The number of fused-ring (bicyclic) bond motifs is 1. The molecular weight excluding hydrogens is 476 g/mol. The molecule has 2 nitrogen and oxygen atoms in total. The van der Waals surface area contributed by atoms with Gasteiger partial charge in [-0.3, -0.25) is 0 Å². The van der Waals surface area contributed by atoms with Crippen molar-refractivity contribution in [2.24, 2.45) is 0 Å². The zero-order valence-corrected chi connectivity index (χ0v) is 23.8. The van der Waals surface area contributed by atoms with E-state index in [-0.39, 0.29) is 16.7 Å². The molecule has 0 spiro atoms. The van der Waals surface area contributed by atoms with E-state index >= 15 is 0 Å². The first-order valence-electron chi connectivity index (χ1n) is 13.7. The van der Waals surface area contributed by atoms with Crippen molar-refractivity contribution >= 4 is 10.8 Å². The van der Waals surface area contributed by atoms with Crippen LogP contribution >= 0.6 is 0 Å². The van der Waals surface area contributed by atoms with E-state index in [4.69, 9.17) is 0 Å². The number of aryl methyl sites for hydroxylation is 1. The predicted molar refractivity (Wildman–Crippen MR) is 163 cm³/mol. The number of phenols is 2. The van der Waals surface area contributed by atoms with Gasteiger partial charge in [-0.2, -0.15) is 0 Å². The van der Waals surface area contributed by atoms with Gasteiger partial charge in [-0.15, -0.1) is 0 Å². The molecule has 5 aromatic carbocycles. The molecule has 5 rings (SSSR count). The molecule has 0 aliphatic carbocycles. The Labute approximate surface area is 232 Å². The van der Waals surface area contributed by atoms with Gasteiger partial charge in [0.1, 0.15) is 11.5 Å². The van der Waals surface area contributed by atoms with E-state index in [0.717, 1.165) is 11.1 Å². The Morgan fingerprint density at radius 2 is 1.05 bits per heavy atom.